The summed E-state index contributed by atoms with van der Waals surface area (Å²) in [6, 6.07) is 1.47. The smallest absolute Gasteiger partial charge is 0.194 e. The first-order chi connectivity index (χ1) is 9.85. The third-order valence-electron chi connectivity index (χ3n) is 4.58. The molecule has 1 aliphatic heterocycles. The van der Waals surface area contributed by atoms with E-state index in [9.17, 15) is 13.2 Å². The number of benzene rings is 1. The number of rotatable bonds is 3. The molecule has 1 aliphatic rings. The zero-order chi connectivity index (χ0) is 15.6. The van der Waals surface area contributed by atoms with Gasteiger partial charge in [-0.05, 0) is 45.8 Å². The Morgan fingerprint density at radius 3 is 2.14 bits per heavy atom. The van der Waals surface area contributed by atoms with E-state index in [1.807, 2.05) is 13.8 Å². The molecule has 2 N–H and O–H groups in total. The first-order valence-corrected chi connectivity index (χ1v) is 7.49. The minimum absolute atomic E-state index is 0.0307. The first-order valence-electron chi connectivity index (χ1n) is 7.49. The normalized spacial score (nSPS) is 19.3. The molecule has 0 aromatic heterocycles. The van der Waals surface area contributed by atoms with E-state index < -0.39 is 29.0 Å². The molecule has 1 heterocycles. The van der Waals surface area contributed by atoms with E-state index in [1.165, 1.54) is 18.9 Å². The number of hydrogen-bond acceptors (Lipinski definition) is 2. The highest BCUT2D eigenvalue weighted by atomic mass is 19.2. The average Bonchev–Trinajstić information content (AvgIpc) is 2.74. The van der Waals surface area contributed by atoms with Crippen LogP contribution in [0, 0.1) is 17.5 Å². The second kappa shape index (κ2) is 6.36. The molecule has 1 unspecified atom stereocenters. The lowest BCUT2D eigenvalue weighted by Crippen LogP contribution is -2.51. The quantitative estimate of drug-likeness (QED) is 0.861. The third kappa shape index (κ3) is 3.24. The maximum atomic E-state index is 14.0. The molecular formula is C16H23F3N2. The molecule has 2 rings (SSSR count). The molecule has 0 saturated carbocycles. The Morgan fingerprint density at radius 2 is 1.57 bits per heavy atom. The molecule has 1 saturated heterocycles. The van der Waals surface area contributed by atoms with E-state index in [0.29, 0.717) is 0 Å². The Balaban J connectivity index is 2.28. The van der Waals surface area contributed by atoms with Crippen LogP contribution in [0.5, 0.6) is 0 Å². The number of likely N-dealkylation sites (tertiary alicyclic amines) is 1. The van der Waals surface area contributed by atoms with E-state index in [-0.39, 0.29) is 5.56 Å². The fourth-order valence-electron chi connectivity index (χ4n) is 3.01. The maximum absolute atomic E-state index is 14.0. The maximum Gasteiger partial charge on any atom is 0.194 e. The summed E-state index contributed by atoms with van der Waals surface area (Å²) in [5.41, 5.74) is 5.72. The molecule has 0 radical (unpaired) electrons. The number of nitrogens with zero attached hydrogens (tertiary/aromatic N) is 1. The Bertz CT molecular complexity index is 495. The van der Waals surface area contributed by atoms with Gasteiger partial charge < -0.3 is 5.73 Å². The number of nitrogens with two attached hydrogens (primary N) is 1. The van der Waals surface area contributed by atoms with E-state index in [1.54, 1.807) is 0 Å². The lowest BCUT2D eigenvalue weighted by molar-refractivity contribution is 0.0964. The monoisotopic (exact) mass is 300 g/mol. The van der Waals surface area contributed by atoms with Gasteiger partial charge in [0, 0.05) is 11.1 Å². The summed E-state index contributed by atoms with van der Waals surface area (Å²) in [4.78, 5) is 2.23. The van der Waals surface area contributed by atoms with Crippen LogP contribution in [0.2, 0.25) is 0 Å². The molecule has 118 valence electrons. The third-order valence-corrected chi connectivity index (χ3v) is 4.58. The fourth-order valence-corrected chi connectivity index (χ4v) is 3.01. The highest BCUT2D eigenvalue weighted by molar-refractivity contribution is 5.26. The van der Waals surface area contributed by atoms with Crippen LogP contribution in [0.1, 0.15) is 51.1 Å². The zero-order valence-electron chi connectivity index (χ0n) is 12.6. The van der Waals surface area contributed by atoms with E-state index in [4.69, 9.17) is 5.73 Å². The average molecular weight is 300 g/mol. The van der Waals surface area contributed by atoms with Crippen molar-refractivity contribution in [3.05, 3.63) is 35.1 Å². The zero-order valence-corrected chi connectivity index (χ0v) is 12.6. The van der Waals surface area contributed by atoms with Crippen molar-refractivity contribution in [2.24, 2.45) is 5.73 Å². The van der Waals surface area contributed by atoms with Crippen LogP contribution in [0.4, 0.5) is 13.2 Å². The van der Waals surface area contributed by atoms with Crippen LogP contribution >= 0.6 is 0 Å². The van der Waals surface area contributed by atoms with Crippen molar-refractivity contribution in [3.8, 4) is 0 Å². The Morgan fingerprint density at radius 1 is 1.00 bits per heavy atom. The summed E-state index contributed by atoms with van der Waals surface area (Å²) in [6.07, 6.45) is 4.52. The van der Waals surface area contributed by atoms with Gasteiger partial charge in [-0.3, -0.25) is 4.90 Å². The van der Waals surface area contributed by atoms with Crippen LogP contribution in [0.15, 0.2) is 12.1 Å². The van der Waals surface area contributed by atoms with Gasteiger partial charge in [0.1, 0.15) is 0 Å². The molecule has 2 nitrogen and oxygen atoms in total. The summed E-state index contributed by atoms with van der Waals surface area (Å²) in [7, 11) is 0. The highest BCUT2D eigenvalue weighted by Crippen LogP contribution is 2.33. The number of halogens is 3. The van der Waals surface area contributed by atoms with Gasteiger partial charge in [0.2, 0.25) is 0 Å². The summed E-state index contributed by atoms with van der Waals surface area (Å²) in [5, 5.41) is 0. The summed E-state index contributed by atoms with van der Waals surface area (Å²) < 4.78 is 40.5. The van der Waals surface area contributed by atoms with E-state index >= 15 is 0 Å². The van der Waals surface area contributed by atoms with Gasteiger partial charge in [-0.15, -0.1) is 0 Å². The molecule has 1 atom stereocenters. The molecule has 0 amide bonds. The van der Waals surface area contributed by atoms with Crippen LogP contribution in [-0.2, 0) is 0 Å². The molecule has 0 aliphatic carbocycles. The SMILES string of the molecule is CC(C)(C(N)c1ccc(F)c(F)c1F)N1CCCCCC1. The minimum atomic E-state index is -1.45. The molecule has 1 fully saturated rings. The summed E-state index contributed by atoms with van der Waals surface area (Å²) in [5.74, 6) is -3.81. The topological polar surface area (TPSA) is 29.3 Å². The first kappa shape index (κ1) is 16.3. The van der Waals surface area contributed by atoms with E-state index in [0.717, 1.165) is 32.0 Å². The van der Waals surface area contributed by atoms with Gasteiger partial charge >= 0.3 is 0 Å². The van der Waals surface area contributed by atoms with Crippen LogP contribution in [0.3, 0.4) is 0 Å². The van der Waals surface area contributed by atoms with Crippen LogP contribution in [-0.4, -0.2) is 23.5 Å². The molecule has 0 spiro atoms. The van der Waals surface area contributed by atoms with E-state index in [2.05, 4.69) is 4.90 Å². The second-order valence-electron chi connectivity index (χ2n) is 6.30. The van der Waals surface area contributed by atoms with Crippen molar-refractivity contribution in [2.45, 2.75) is 51.1 Å². The van der Waals surface area contributed by atoms with Gasteiger partial charge in [-0.1, -0.05) is 18.9 Å². The van der Waals surface area contributed by atoms with Crippen LogP contribution < -0.4 is 5.73 Å². The molecule has 5 heteroatoms. The van der Waals surface area contributed by atoms with Crippen molar-refractivity contribution < 1.29 is 13.2 Å². The Labute approximate surface area is 124 Å². The molecule has 1 aromatic carbocycles. The fraction of sp³-hybridized carbons (Fsp3) is 0.625. The molecule has 1 aromatic rings. The van der Waals surface area contributed by atoms with Gasteiger partial charge in [0.15, 0.2) is 17.5 Å². The van der Waals surface area contributed by atoms with Crippen molar-refractivity contribution in [1.82, 2.24) is 4.90 Å². The van der Waals surface area contributed by atoms with Gasteiger partial charge in [-0.25, -0.2) is 13.2 Å². The van der Waals surface area contributed by atoms with Crippen molar-refractivity contribution >= 4 is 0 Å². The molecular weight excluding hydrogens is 277 g/mol. The van der Waals surface area contributed by atoms with Crippen molar-refractivity contribution in [3.63, 3.8) is 0 Å². The van der Waals surface area contributed by atoms with Gasteiger partial charge in [-0.2, -0.15) is 0 Å². The number of hydrogen-bond donors (Lipinski definition) is 1. The van der Waals surface area contributed by atoms with Crippen molar-refractivity contribution in [2.75, 3.05) is 13.1 Å². The predicted octanol–water partition coefficient (Wildman–Crippen LogP) is 3.76. The highest BCUT2D eigenvalue weighted by Gasteiger charge is 2.36. The Hall–Kier alpha value is -1.07. The lowest BCUT2D eigenvalue weighted by atomic mass is 9.87. The van der Waals surface area contributed by atoms with Gasteiger partial charge in [0.25, 0.3) is 0 Å². The standard InChI is InChI=1S/C16H23F3N2/c1-16(2,21-9-5-3-4-6-10-21)15(20)11-7-8-12(17)14(19)13(11)18/h7-8,15H,3-6,9-10,20H2,1-2H3. The molecule has 0 bridgehead atoms. The summed E-state index contributed by atoms with van der Waals surface area (Å²) in [6.45, 7) is 5.66. The van der Waals surface area contributed by atoms with Gasteiger partial charge in [0.05, 0.1) is 6.04 Å². The predicted molar refractivity (Wildman–Crippen MR) is 77.4 cm³/mol. The molecule has 21 heavy (non-hydrogen) atoms. The largest absolute Gasteiger partial charge is 0.322 e. The Kier molecular flexibility index (Phi) is 4.94. The van der Waals surface area contributed by atoms with Crippen molar-refractivity contribution in [1.29, 1.82) is 0 Å². The van der Waals surface area contributed by atoms with Crippen LogP contribution in [0.25, 0.3) is 0 Å². The summed E-state index contributed by atoms with van der Waals surface area (Å²) >= 11 is 0. The minimum Gasteiger partial charge on any atom is -0.322 e. The lowest BCUT2D eigenvalue weighted by Gasteiger charge is -2.42. The second-order valence-corrected chi connectivity index (χ2v) is 6.30.